The Morgan fingerprint density at radius 1 is 1.37 bits per heavy atom. The Bertz CT molecular complexity index is 721. The molecule has 1 aromatic carbocycles. The fraction of sp³-hybridized carbons (Fsp3) is 0.500. The zero-order chi connectivity index (χ0) is 18.4. The van der Waals surface area contributed by atoms with Gasteiger partial charge in [-0.15, -0.1) is 12.4 Å². The molecule has 1 atom stereocenters. The smallest absolute Gasteiger partial charge is 0.319 e. The first-order chi connectivity index (χ1) is 12.6. The average Bonchev–Trinajstić information content (AvgIpc) is 3.10. The third-order valence-corrected chi connectivity index (χ3v) is 4.51. The van der Waals surface area contributed by atoms with E-state index in [1.807, 2.05) is 31.2 Å². The van der Waals surface area contributed by atoms with Crippen LogP contribution in [-0.4, -0.2) is 40.7 Å². The summed E-state index contributed by atoms with van der Waals surface area (Å²) < 4.78 is 5.05. The normalized spacial score (nSPS) is 17.2. The molecular formula is C18H27ClN6O2. The molecule has 2 heterocycles. The minimum absolute atomic E-state index is 0. The highest BCUT2D eigenvalue weighted by atomic mass is 35.5. The molecule has 0 spiro atoms. The largest absolute Gasteiger partial charge is 0.338 e. The van der Waals surface area contributed by atoms with Gasteiger partial charge in [0.25, 0.3) is 0 Å². The lowest BCUT2D eigenvalue weighted by Gasteiger charge is -2.31. The predicted molar refractivity (Wildman–Crippen MR) is 106 cm³/mol. The number of piperidine rings is 1. The summed E-state index contributed by atoms with van der Waals surface area (Å²) in [7, 11) is 0. The second kappa shape index (κ2) is 10.2. The van der Waals surface area contributed by atoms with Gasteiger partial charge < -0.3 is 20.9 Å². The second-order valence-electron chi connectivity index (χ2n) is 6.75. The number of anilines is 1. The van der Waals surface area contributed by atoms with Crippen LogP contribution in [0.3, 0.4) is 0 Å². The zero-order valence-corrected chi connectivity index (χ0v) is 16.3. The standard InChI is InChI=1S/C18H26N6O2.ClH/c1-13-4-6-15(7-5-13)21-18(25)20-10-14-3-2-8-24(11-14)12-16-22-17(9-19)26-23-16;/h4-7,14H,2-3,8-12,19H2,1H3,(H2,20,21,25);1H. The minimum atomic E-state index is -0.170. The Kier molecular flexibility index (Phi) is 8.02. The van der Waals surface area contributed by atoms with Crippen molar-refractivity contribution in [2.75, 3.05) is 25.0 Å². The van der Waals surface area contributed by atoms with Gasteiger partial charge in [0.1, 0.15) is 0 Å². The summed E-state index contributed by atoms with van der Waals surface area (Å²) in [5.41, 5.74) is 7.46. The third kappa shape index (κ3) is 6.50. The van der Waals surface area contributed by atoms with Crippen LogP contribution in [0.1, 0.15) is 30.1 Å². The van der Waals surface area contributed by atoms with Crippen molar-refractivity contribution in [2.45, 2.75) is 32.9 Å². The highest BCUT2D eigenvalue weighted by molar-refractivity contribution is 5.89. The number of halogens is 1. The predicted octanol–water partition coefficient (Wildman–Crippen LogP) is 2.29. The maximum Gasteiger partial charge on any atom is 0.319 e. The molecule has 8 nitrogen and oxygen atoms in total. The fourth-order valence-electron chi connectivity index (χ4n) is 3.15. The first-order valence-corrected chi connectivity index (χ1v) is 8.98. The van der Waals surface area contributed by atoms with Crippen LogP contribution in [-0.2, 0) is 13.1 Å². The molecule has 1 fully saturated rings. The summed E-state index contributed by atoms with van der Waals surface area (Å²) in [6.07, 6.45) is 2.19. The number of rotatable bonds is 6. The number of hydrogen-bond acceptors (Lipinski definition) is 6. The highest BCUT2D eigenvalue weighted by Gasteiger charge is 2.22. The number of amides is 2. The molecule has 4 N–H and O–H groups in total. The molecule has 1 aromatic heterocycles. The van der Waals surface area contributed by atoms with E-state index in [2.05, 4.69) is 25.7 Å². The van der Waals surface area contributed by atoms with E-state index in [0.717, 1.165) is 31.6 Å². The van der Waals surface area contributed by atoms with Crippen molar-refractivity contribution in [2.24, 2.45) is 11.7 Å². The Hall–Kier alpha value is -2.16. The van der Waals surface area contributed by atoms with Crippen molar-refractivity contribution in [1.29, 1.82) is 0 Å². The number of aromatic nitrogens is 2. The number of benzene rings is 1. The van der Waals surface area contributed by atoms with Crippen molar-refractivity contribution < 1.29 is 9.32 Å². The Labute approximate surface area is 165 Å². The van der Waals surface area contributed by atoms with Crippen LogP contribution in [0, 0.1) is 12.8 Å². The first-order valence-electron chi connectivity index (χ1n) is 8.98. The number of nitrogens with two attached hydrogens (primary N) is 1. The lowest BCUT2D eigenvalue weighted by atomic mass is 9.98. The van der Waals surface area contributed by atoms with E-state index in [-0.39, 0.29) is 25.0 Å². The van der Waals surface area contributed by atoms with E-state index in [9.17, 15) is 4.79 Å². The van der Waals surface area contributed by atoms with Crippen LogP contribution in [0.15, 0.2) is 28.8 Å². The number of urea groups is 1. The van der Waals surface area contributed by atoms with E-state index in [1.165, 1.54) is 5.56 Å². The van der Waals surface area contributed by atoms with Crippen LogP contribution < -0.4 is 16.4 Å². The molecule has 2 aromatic rings. The highest BCUT2D eigenvalue weighted by Crippen LogP contribution is 2.17. The second-order valence-corrected chi connectivity index (χ2v) is 6.75. The van der Waals surface area contributed by atoms with Gasteiger partial charge in [-0.1, -0.05) is 22.9 Å². The van der Waals surface area contributed by atoms with Gasteiger partial charge in [-0.25, -0.2) is 4.79 Å². The molecule has 1 aliphatic rings. The van der Waals surface area contributed by atoms with Gasteiger partial charge in [-0.3, -0.25) is 4.90 Å². The van der Waals surface area contributed by atoms with Gasteiger partial charge in [0, 0.05) is 18.8 Å². The van der Waals surface area contributed by atoms with Crippen LogP contribution in [0.4, 0.5) is 10.5 Å². The molecule has 1 unspecified atom stereocenters. The zero-order valence-electron chi connectivity index (χ0n) is 15.5. The molecule has 1 aliphatic heterocycles. The molecule has 0 aliphatic carbocycles. The minimum Gasteiger partial charge on any atom is -0.338 e. The molecule has 2 amide bonds. The Balaban J connectivity index is 0.00000261. The molecule has 3 rings (SSSR count). The third-order valence-electron chi connectivity index (χ3n) is 4.51. The van der Waals surface area contributed by atoms with Gasteiger partial charge in [0.15, 0.2) is 5.82 Å². The van der Waals surface area contributed by atoms with E-state index in [1.54, 1.807) is 0 Å². The van der Waals surface area contributed by atoms with Crippen LogP contribution in [0.25, 0.3) is 0 Å². The SMILES string of the molecule is Cc1ccc(NC(=O)NCC2CCCN(Cc3noc(CN)n3)C2)cc1.Cl. The van der Waals surface area contributed by atoms with Crippen LogP contribution in [0.2, 0.25) is 0 Å². The molecule has 0 saturated carbocycles. The summed E-state index contributed by atoms with van der Waals surface area (Å²) in [6, 6.07) is 7.58. The van der Waals surface area contributed by atoms with Crippen molar-refractivity contribution in [3.63, 3.8) is 0 Å². The molecular weight excluding hydrogens is 368 g/mol. The van der Waals surface area contributed by atoms with Gasteiger partial charge in [0.2, 0.25) is 5.89 Å². The van der Waals surface area contributed by atoms with E-state index >= 15 is 0 Å². The van der Waals surface area contributed by atoms with Crippen LogP contribution in [0.5, 0.6) is 0 Å². The van der Waals surface area contributed by atoms with Gasteiger partial charge in [-0.05, 0) is 44.4 Å². The summed E-state index contributed by atoms with van der Waals surface area (Å²) in [6.45, 7) is 5.47. The van der Waals surface area contributed by atoms with Crippen LogP contribution >= 0.6 is 12.4 Å². The van der Waals surface area contributed by atoms with E-state index in [4.69, 9.17) is 10.3 Å². The first kappa shape index (κ1) is 21.1. The lowest BCUT2D eigenvalue weighted by Crippen LogP contribution is -2.41. The number of carbonyl (C=O) groups is 1. The summed E-state index contributed by atoms with van der Waals surface area (Å²) in [4.78, 5) is 18.6. The summed E-state index contributed by atoms with van der Waals surface area (Å²) in [5.74, 6) is 1.53. The molecule has 0 bridgehead atoms. The van der Waals surface area contributed by atoms with Crippen molar-refractivity contribution in [1.82, 2.24) is 20.4 Å². The van der Waals surface area contributed by atoms with Crippen molar-refractivity contribution >= 4 is 24.1 Å². The number of carbonyl (C=O) groups excluding carboxylic acids is 1. The van der Waals surface area contributed by atoms with Crippen molar-refractivity contribution in [3.8, 4) is 0 Å². The quantitative estimate of drug-likeness (QED) is 0.693. The number of likely N-dealkylation sites (tertiary alicyclic amines) is 1. The Morgan fingerprint density at radius 2 is 2.15 bits per heavy atom. The molecule has 0 radical (unpaired) electrons. The van der Waals surface area contributed by atoms with Gasteiger partial charge >= 0.3 is 6.03 Å². The Morgan fingerprint density at radius 3 is 2.85 bits per heavy atom. The molecule has 9 heteroatoms. The fourth-order valence-corrected chi connectivity index (χ4v) is 3.15. The molecule has 148 valence electrons. The maximum atomic E-state index is 12.1. The lowest BCUT2D eigenvalue weighted by molar-refractivity contribution is 0.161. The maximum absolute atomic E-state index is 12.1. The average molecular weight is 395 g/mol. The van der Waals surface area contributed by atoms with E-state index in [0.29, 0.717) is 30.7 Å². The number of aryl methyl sites for hydroxylation is 1. The van der Waals surface area contributed by atoms with Gasteiger partial charge in [-0.2, -0.15) is 4.98 Å². The van der Waals surface area contributed by atoms with Crippen molar-refractivity contribution in [3.05, 3.63) is 41.5 Å². The number of nitrogens with zero attached hydrogens (tertiary/aromatic N) is 3. The van der Waals surface area contributed by atoms with E-state index < -0.39 is 0 Å². The number of hydrogen-bond donors (Lipinski definition) is 3. The summed E-state index contributed by atoms with van der Waals surface area (Å²) >= 11 is 0. The molecule has 27 heavy (non-hydrogen) atoms. The topological polar surface area (TPSA) is 109 Å². The summed E-state index contributed by atoms with van der Waals surface area (Å²) in [5, 5.41) is 9.78. The van der Waals surface area contributed by atoms with Gasteiger partial charge in [0.05, 0.1) is 13.1 Å². The monoisotopic (exact) mass is 394 g/mol. The molecule has 1 saturated heterocycles. The number of nitrogens with one attached hydrogen (secondary N) is 2.